The van der Waals surface area contributed by atoms with Crippen LogP contribution in [0.4, 0.5) is 13.2 Å². The standard InChI is InChI=1S/C13H12F3NO3/c14-9-4-3-8(10(15)11(9)16)12(18)17-7-2-1-6(5-7)13(19)20/h3-4,6-7H,1-2,5H2,(H,17,18)(H,19,20). The van der Waals surface area contributed by atoms with Gasteiger partial charge in [-0.25, -0.2) is 13.2 Å². The Labute approximate surface area is 112 Å². The van der Waals surface area contributed by atoms with Crippen molar-refractivity contribution in [2.45, 2.75) is 25.3 Å². The van der Waals surface area contributed by atoms with E-state index in [2.05, 4.69) is 5.32 Å². The van der Waals surface area contributed by atoms with Crippen LogP contribution in [0.5, 0.6) is 0 Å². The molecule has 0 aliphatic heterocycles. The highest BCUT2D eigenvalue weighted by Gasteiger charge is 2.31. The van der Waals surface area contributed by atoms with E-state index in [4.69, 9.17) is 5.11 Å². The number of carbonyl (C=O) groups excluding carboxylic acids is 1. The van der Waals surface area contributed by atoms with Crippen molar-refractivity contribution in [3.63, 3.8) is 0 Å². The molecule has 0 spiro atoms. The van der Waals surface area contributed by atoms with E-state index in [9.17, 15) is 22.8 Å². The highest BCUT2D eigenvalue weighted by atomic mass is 19.2. The molecule has 1 fully saturated rings. The third-order valence-corrected chi connectivity index (χ3v) is 3.40. The monoisotopic (exact) mass is 287 g/mol. The Morgan fingerprint density at radius 3 is 2.45 bits per heavy atom. The van der Waals surface area contributed by atoms with E-state index in [1.54, 1.807) is 0 Å². The van der Waals surface area contributed by atoms with E-state index in [1.807, 2.05) is 0 Å². The first-order chi connectivity index (χ1) is 9.40. The van der Waals surface area contributed by atoms with Crippen molar-refractivity contribution < 1.29 is 27.9 Å². The Balaban J connectivity index is 2.07. The number of halogens is 3. The molecule has 1 amide bonds. The van der Waals surface area contributed by atoms with E-state index in [1.165, 1.54) is 0 Å². The van der Waals surface area contributed by atoms with Crippen molar-refractivity contribution in [1.29, 1.82) is 0 Å². The van der Waals surface area contributed by atoms with Gasteiger partial charge in [-0.1, -0.05) is 0 Å². The largest absolute Gasteiger partial charge is 0.481 e. The van der Waals surface area contributed by atoms with Gasteiger partial charge in [0.1, 0.15) is 0 Å². The molecular weight excluding hydrogens is 275 g/mol. The molecular formula is C13H12F3NO3. The van der Waals surface area contributed by atoms with Crippen molar-refractivity contribution in [2.24, 2.45) is 5.92 Å². The summed E-state index contributed by atoms with van der Waals surface area (Å²) in [4.78, 5) is 22.5. The van der Waals surface area contributed by atoms with E-state index in [-0.39, 0.29) is 6.42 Å². The summed E-state index contributed by atoms with van der Waals surface area (Å²) in [5.41, 5.74) is -0.595. The normalized spacial score (nSPS) is 21.8. The topological polar surface area (TPSA) is 66.4 Å². The number of carbonyl (C=O) groups is 2. The molecule has 0 aromatic heterocycles. The summed E-state index contributed by atoms with van der Waals surface area (Å²) in [6.07, 6.45) is 1.11. The lowest BCUT2D eigenvalue weighted by Gasteiger charge is -2.13. The predicted octanol–water partition coefficient (Wildman–Crippen LogP) is 2.09. The minimum atomic E-state index is -1.70. The molecule has 7 heteroatoms. The maximum atomic E-state index is 13.4. The van der Waals surface area contributed by atoms with E-state index < -0.39 is 46.9 Å². The molecule has 0 heterocycles. The van der Waals surface area contributed by atoms with Crippen molar-refractivity contribution in [1.82, 2.24) is 5.32 Å². The fraction of sp³-hybridized carbons (Fsp3) is 0.385. The van der Waals surface area contributed by atoms with Crippen LogP contribution in [0.3, 0.4) is 0 Å². The summed E-state index contributed by atoms with van der Waals surface area (Å²) in [5, 5.41) is 11.3. The first-order valence-corrected chi connectivity index (χ1v) is 6.07. The van der Waals surface area contributed by atoms with Gasteiger partial charge in [0.15, 0.2) is 17.5 Å². The molecule has 0 saturated heterocycles. The van der Waals surface area contributed by atoms with Crippen LogP contribution in [0.15, 0.2) is 12.1 Å². The van der Waals surface area contributed by atoms with Crippen LogP contribution in [0.25, 0.3) is 0 Å². The number of rotatable bonds is 3. The average Bonchev–Trinajstić information content (AvgIpc) is 2.84. The smallest absolute Gasteiger partial charge is 0.306 e. The fourth-order valence-electron chi connectivity index (χ4n) is 2.30. The first kappa shape index (κ1) is 14.4. The summed E-state index contributed by atoms with van der Waals surface area (Å²) in [5.74, 6) is -6.98. The number of amides is 1. The van der Waals surface area contributed by atoms with Gasteiger partial charge in [-0.3, -0.25) is 9.59 Å². The molecule has 2 rings (SSSR count). The number of carboxylic acids is 1. The Morgan fingerprint density at radius 1 is 1.15 bits per heavy atom. The van der Waals surface area contributed by atoms with Gasteiger partial charge in [0.2, 0.25) is 0 Å². The van der Waals surface area contributed by atoms with Gasteiger partial charge in [0, 0.05) is 6.04 Å². The molecule has 1 aliphatic carbocycles. The van der Waals surface area contributed by atoms with Crippen LogP contribution < -0.4 is 5.32 Å². The maximum absolute atomic E-state index is 13.4. The molecule has 2 unspecified atom stereocenters. The lowest BCUT2D eigenvalue weighted by molar-refractivity contribution is -0.141. The number of hydrogen-bond donors (Lipinski definition) is 2. The molecule has 2 atom stereocenters. The second-order valence-corrected chi connectivity index (χ2v) is 4.74. The Morgan fingerprint density at radius 2 is 1.85 bits per heavy atom. The molecule has 2 N–H and O–H groups in total. The quantitative estimate of drug-likeness (QED) is 0.836. The van der Waals surface area contributed by atoms with Crippen molar-refractivity contribution in [3.05, 3.63) is 35.1 Å². The second kappa shape index (κ2) is 5.52. The van der Waals surface area contributed by atoms with Crippen molar-refractivity contribution in [3.8, 4) is 0 Å². The molecule has 1 aromatic carbocycles. The summed E-state index contributed by atoms with van der Waals surface area (Å²) < 4.78 is 39.2. The van der Waals surface area contributed by atoms with E-state index in [0.717, 1.165) is 6.07 Å². The first-order valence-electron chi connectivity index (χ1n) is 6.07. The molecule has 108 valence electrons. The molecule has 1 saturated carbocycles. The Kier molecular flexibility index (Phi) is 3.96. The van der Waals surface area contributed by atoms with Crippen molar-refractivity contribution in [2.75, 3.05) is 0 Å². The molecule has 0 radical (unpaired) electrons. The maximum Gasteiger partial charge on any atom is 0.306 e. The van der Waals surface area contributed by atoms with E-state index in [0.29, 0.717) is 18.9 Å². The van der Waals surface area contributed by atoms with Crippen LogP contribution in [-0.2, 0) is 4.79 Å². The van der Waals surface area contributed by atoms with Gasteiger partial charge >= 0.3 is 5.97 Å². The Hall–Kier alpha value is -2.05. The second-order valence-electron chi connectivity index (χ2n) is 4.74. The van der Waals surface area contributed by atoms with Gasteiger partial charge < -0.3 is 10.4 Å². The van der Waals surface area contributed by atoms with Crippen LogP contribution >= 0.6 is 0 Å². The predicted molar refractivity (Wildman–Crippen MR) is 62.5 cm³/mol. The molecule has 4 nitrogen and oxygen atoms in total. The molecule has 1 aliphatic rings. The summed E-state index contributed by atoms with van der Waals surface area (Å²) in [6, 6.07) is 1.12. The van der Waals surface area contributed by atoms with Crippen LogP contribution in [-0.4, -0.2) is 23.0 Å². The Bertz CT molecular complexity index is 562. The minimum absolute atomic E-state index is 0.242. The van der Waals surface area contributed by atoms with Crippen LogP contribution in [0.1, 0.15) is 29.6 Å². The van der Waals surface area contributed by atoms with Crippen molar-refractivity contribution >= 4 is 11.9 Å². The SMILES string of the molecule is O=C(NC1CCC(C(=O)O)C1)c1ccc(F)c(F)c1F. The summed E-state index contributed by atoms with van der Waals surface area (Å²) in [6.45, 7) is 0. The van der Waals surface area contributed by atoms with Gasteiger partial charge in [-0.05, 0) is 31.4 Å². The number of nitrogens with one attached hydrogen (secondary N) is 1. The summed E-state index contributed by atoms with van der Waals surface area (Å²) >= 11 is 0. The van der Waals surface area contributed by atoms with Crippen LogP contribution in [0, 0.1) is 23.4 Å². The zero-order chi connectivity index (χ0) is 14.9. The lowest BCUT2D eigenvalue weighted by Crippen LogP contribution is -2.34. The molecule has 0 bridgehead atoms. The van der Waals surface area contributed by atoms with Gasteiger partial charge in [-0.2, -0.15) is 0 Å². The molecule has 1 aromatic rings. The number of hydrogen-bond acceptors (Lipinski definition) is 2. The fourth-order valence-corrected chi connectivity index (χ4v) is 2.30. The highest BCUT2D eigenvalue weighted by Crippen LogP contribution is 2.26. The third-order valence-electron chi connectivity index (χ3n) is 3.40. The number of benzene rings is 1. The number of aliphatic carboxylic acids is 1. The lowest BCUT2D eigenvalue weighted by atomic mass is 10.1. The zero-order valence-electron chi connectivity index (χ0n) is 10.3. The highest BCUT2D eigenvalue weighted by molar-refractivity contribution is 5.94. The van der Waals surface area contributed by atoms with Gasteiger partial charge in [0.05, 0.1) is 11.5 Å². The minimum Gasteiger partial charge on any atom is -0.481 e. The average molecular weight is 287 g/mol. The number of carboxylic acid groups (broad SMARTS) is 1. The van der Waals surface area contributed by atoms with Crippen LogP contribution in [0.2, 0.25) is 0 Å². The summed E-state index contributed by atoms with van der Waals surface area (Å²) in [7, 11) is 0. The zero-order valence-corrected chi connectivity index (χ0v) is 10.3. The molecule has 20 heavy (non-hydrogen) atoms. The van der Waals surface area contributed by atoms with Gasteiger partial charge in [-0.15, -0.1) is 0 Å². The van der Waals surface area contributed by atoms with E-state index >= 15 is 0 Å². The van der Waals surface area contributed by atoms with Gasteiger partial charge in [0.25, 0.3) is 5.91 Å². The third kappa shape index (κ3) is 2.76.